The molecule has 1 aliphatic heterocycles. The molecule has 0 radical (unpaired) electrons. The summed E-state index contributed by atoms with van der Waals surface area (Å²) in [5.41, 5.74) is 7.21. The van der Waals surface area contributed by atoms with Gasteiger partial charge in [-0.2, -0.15) is 13.2 Å². The lowest BCUT2D eigenvalue weighted by atomic mass is 10.0. The summed E-state index contributed by atoms with van der Waals surface area (Å²) in [7, 11) is 0. The molecule has 0 atom stereocenters. The lowest BCUT2D eigenvalue weighted by molar-refractivity contribution is -0.137. The van der Waals surface area contributed by atoms with Crippen molar-refractivity contribution in [2.24, 2.45) is 0 Å². The molecule has 2 heterocycles. The maximum Gasteiger partial charge on any atom is 0.416 e. The number of anilines is 1. The number of carbonyl (C=O) groups is 1. The fourth-order valence-corrected chi connectivity index (χ4v) is 2.89. The first-order valence-electron chi connectivity index (χ1n) is 7.87. The number of aromatic nitrogens is 2. The first-order chi connectivity index (χ1) is 11.8. The van der Waals surface area contributed by atoms with Gasteiger partial charge in [0.25, 0.3) is 0 Å². The molecule has 0 fully saturated rings. The highest BCUT2D eigenvalue weighted by Crippen LogP contribution is 2.30. The highest BCUT2D eigenvalue weighted by molar-refractivity contribution is 5.77. The van der Waals surface area contributed by atoms with E-state index in [9.17, 15) is 18.0 Å². The van der Waals surface area contributed by atoms with Crippen LogP contribution >= 0.6 is 0 Å². The van der Waals surface area contributed by atoms with Gasteiger partial charge in [0, 0.05) is 24.9 Å². The lowest BCUT2D eigenvalue weighted by Crippen LogP contribution is -2.37. The minimum atomic E-state index is -4.38. The molecule has 3 rings (SSSR count). The van der Waals surface area contributed by atoms with Crippen molar-refractivity contribution in [2.75, 3.05) is 12.3 Å². The number of alkyl halides is 3. The van der Waals surface area contributed by atoms with Gasteiger partial charge in [0.2, 0.25) is 5.91 Å². The number of nitrogen functional groups attached to an aromatic ring is 1. The van der Waals surface area contributed by atoms with Gasteiger partial charge in [-0.05, 0) is 18.1 Å². The Bertz CT molecular complexity index is 792. The minimum Gasteiger partial charge on any atom is -0.383 e. The molecule has 0 saturated carbocycles. The molecule has 2 aromatic rings. The van der Waals surface area contributed by atoms with Crippen LogP contribution < -0.4 is 5.73 Å². The van der Waals surface area contributed by atoms with Crippen molar-refractivity contribution in [1.82, 2.24) is 14.9 Å². The van der Waals surface area contributed by atoms with Crippen LogP contribution in [0.3, 0.4) is 0 Å². The van der Waals surface area contributed by atoms with Crippen molar-refractivity contribution in [3.63, 3.8) is 0 Å². The second-order valence-electron chi connectivity index (χ2n) is 5.95. The predicted octanol–water partition coefficient (Wildman–Crippen LogP) is 2.60. The van der Waals surface area contributed by atoms with Crippen molar-refractivity contribution >= 4 is 11.7 Å². The predicted molar refractivity (Wildman–Crippen MR) is 85.3 cm³/mol. The van der Waals surface area contributed by atoms with Gasteiger partial charge < -0.3 is 10.6 Å². The van der Waals surface area contributed by atoms with Crippen LogP contribution in [-0.2, 0) is 30.4 Å². The number of amides is 1. The third-order valence-electron chi connectivity index (χ3n) is 4.27. The standard InChI is InChI=1S/C17H17F3N4O/c18-17(19,20)12-3-1-2-11(8-12)4-5-15(25)24-7-6-14-13(9-24)16(21)23-10-22-14/h1-3,8,10H,4-7,9H2,(H2,21,22,23). The summed E-state index contributed by atoms with van der Waals surface area (Å²) in [6, 6.07) is 5.07. The van der Waals surface area contributed by atoms with Crippen LogP contribution in [0.5, 0.6) is 0 Å². The molecule has 0 aliphatic carbocycles. The van der Waals surface area contributed by atoms with Crippen molar-refractivity contribution in [2.45, 2.75) is 32.0 Å². The highest BCUT2D eigenvalue weighted by atomic mass is 19.4. The monoisotopic (exact) mass is 350 g/mol. The molecule has 0 saturated heterocycles. The molecule has 0 unspecified atom stereocenters. The lowest BCUT2D eigenvalue weighted by Gasteiger charge is -2.28. The van der Waals surface area contributed by atoms with E-state index in [1.807, 2.05) is 0 Å². The maximum absolute atomic E-state index is 12.7. The first-order valence-corrected chi connectivity index (χ1v) is 7.87. The van der Waals surface area contributed by atoms with Gasteiger partial charge in [0.05, 0.1) is 17.8 Å². The molecule has 5 nitrogen and oxygen atoms in total. The molecule has 1 aromatic carbocycles. The number of aryl methyl sites for hydroxylation is 1. The Morgan fingerprint density at radius 1 is 1.28 bits per heavy atom. The summed E-state index contributed by atoms with van der Waals surface area (Å²) in [5, 5.41) is 0. The van der Waals surface area contributed by atoms with Crippen LogP contribution in [0.25, 0.3) is 0 Å². The van der Waals surface area contributed by atoms with Crippen molar-refractivity contribution in [3.05, 3.63) is 53.0 Å². The van der Waals surface area contributed by atoms with Crippen LogP contribution in [-0.4, -0.2) is 27.3 Å². The zero-order valence-corrected chi connectivity index (χ0v) is 13.4. The van der Waals surface area contributed by atoms with E-state index in [2.05, 4.69) is 9.97 Å². The zero-order valence-electron chi connectivity index (χ0n) is 13.4. The van der Waals surface area contributed by atoms with E-state index >= 15 is 0 Å². The summed E-state index contributed by atoms with van der Waals surface area (Å²) < 4.78 is 38.2. The number of nitrogens with two attached hydrogens (primary N) is 1. The third-order valence-corrected chi connectivity index (χ3v) is 4.27. The molecule has 2 N–H and O–H groups in total. The van der Waals surface area contributed by atoms with Gasteiger partial charge in [-0.3, -0.25) is 4.79 Å². The Hall–Kier alpha value is -2.64. The molecular weight excluding hydrogens is 333 g/mol. The molecule has 25 heavy (non-hydrogen) atoms. The topological polar surface area (TPSA) is 72.1 Å². The van der Waals surface area contributed by atoms with E-state index in [0.717, 1.165) is 23.4 Å². The van der Waals surface area contributed by atoms with Gasteiger partial charge in [-0.1, -0.05) is 18.2 Å². The Morgan fingerprint density at radius 3 is 2.84 bits per heavy atom. The molecule has 8 heteroatoms. The molecular formula is C17H17F3N4O. The molecule has 1 aromatic heterocycles. The average Bonchev–Trinajstić information content (AvgIpc) is 2.59. The number of carbonyl (C=O) groups excluding carboxylic acids is 1. The number of nitrogens with zero attached hydrogens (tertiary/aromatic N) is 3. The molecule has 1 amide bonds. The number of halogens is 3. The number of rotatable bonds is 3. The molecule has 132 valence electrons. The van der Waals surface area contributed by atoms with Crippen molar-refractivity contribution in [3.8, 4) is 0 Å². The summed E-state index contributed by atoms with van der Waals surface area (Å²) in [4.78, 5) is 22.1. The fraction of sp³-hybridized carbons (Fsp3) is 0.353. The Labute approximate surface area is 142 Å². The fourth-order valence-electron chi connectivity index (χ4n) is 2.89. The van der Waals surface area contributed by atoms with E-state index in [4.69, 9.17) is 5.73 Å². The largest absolute Gasteiger partial charge is 0.416 e. The number of hydrogen-bond acceptors (Lipinski definition) is 4. The van der Waals surface area contributed by atoms with E-state index < -0.39 is 11.7 Å². The Kier molecular flexibility index (Phi) is 4.61. The van der Waals surface area contributed by atoms with E-state index in [0.29, 0.717) is 30.9 Å². The zero-order chi connectivity index (χ0) is 18.0. The Morgan fingerprint density at radius 2 is 2.08 bits per heavy atom. The van der Waals surface area contributed by atoms with E-state index in [1.54, 1.807) is 11.0 Å². The molecule has 1 aliphatic rings. The van der Waals surface area contributed by atoms with Gasteiger partial charge in [-0.15, -0.1) is 0 Å². The van der Waals surface area contributed by atoms with Crippen molar-refractivity contribution < 1.29 is 18.0 Å². The smallest absolute Gasteiger partial charge is 0.383 e. The summed E-state index contributed by atoms with van der Waals surface area (Å²) in [6.45, 7) is 0.855. The minimum absolute atomic E-state index is 0.119. The highest BCUT2D eigenvalue weighted by Gasteiger charge is 2.30. The maximum atomic E-state index is 12.7. The number of benzene rings is 1. The molecule has 0 bridgehead atoms. The third kappa shape index (κ3) is 3.89. The second kappa shape index (κ2) is 6.70. The average molecular weight is 350 g/mol. The van der Waals surface area contributed by atoms with Crippen LogP contribution in [0.2, 0.25) is 0 Å². The summed E-state index contributed by atoms with van der Waals surface area (Å²) >= 11 is 0. The SMILES string of the molecule is Nc1ncnc2c1CN(C(=O)CCc1cccc(C(F)(F)F)c1)CC2. The van der Waals surface area contributed by atoms with E-state index in [-0.39, 0.29) is 18.7 Å². The number of fused-ring (bicyclic) bond motifs is 1. The van der Waals surface area contributed by atoms with Gasteiger partial charge in [-0.25, -0.2) is 9.97 Å². The van der Waals surface area contributed by atoms with E-state index in [1.165, 1.54) is 12.4 Å². The summed E-state index contributed by atoms with van der Waals surface area (Å²) in [5.74, 6) is 0.242. The first kappa shape index (κ1) is 17.2. The molecule has 0 spiro atoms. The quantitative estimate of drug-likeness (QED) is 0.924. The van der Waals surface area contributed by atoms with Crippen molar-refractivity contribution in [1.29, 1.82) is 0 Å². The van der Waals surface area contributed by atoms with Gasteiger partial charge in [0.1, 0.15) is 12.1 Å². The van der Waals surface area contributed by atoms with Crippen LogP contribution in [0.1, 0.15) is 28.8 Å². The normalized spacial score (nSPS) is 14.3. The second-order valence-corrected chi connectivity index (χ2v) is 5.95. The summed E-state index contributed by atoms with van der Waals surface area (Å²) in [6.07, 6.45) is -1.98. The van der Waals surface area contributed by atoms with Crippen LogP contribution in [0.4, 0.5) is 19.0 Å². The Balaban J connectivity index is 1.63. The van der Waals surface area contributed by atoms with Gasteiger partial charge in [0.15, 0.2) is 0 Å². The van der Waals surface area contributed by atoms with Crippen LogP contribution in [0, 0.1) is 0 Å². The number of hydrogen-bond donors (Lipinski definition) is 1. The van der Waals surface area contributed by atoms with Gasteiger partial charge >= 0.3 is 6.18 Å². The van der Waals surface area contributed by atoms with Crippen LogP contribution in [0.15, 0.2) is 30.6 Å².